The number of amides is 1. The van der Waals surface area contributed by atoms with Gasteiger partial charge in [0.25, 0.3) is 11.7 Å². The van der Waals surface area contributed by atoms with E-state index in [0.29, 0.717) is 40.7 Å². The topological polar surface area (TPSA) is 97.8 Å². The molecule has 1 amide bonds. The van der Waals surface area contributed by atoms with Gasteiger partial charge in [0.15, 0.2) is 11.5 Å². The van der Waals surface area contributed by atoms with E-state index < -0.39 is 17.7 Å². The van der Waals surface area contributed by atoms with Crippen LogP contribution in [0.3, 0.4) is 0 Å². The number of carbonyl (C=O) groups is 2. The Morgan fingerprint density at radius 3 is 2.11 bits per heavy atom. The summed E-state index contributed by atoms with van der Waals surface area (Å²) < 4.78 is 22.3. The lowest BCUT2D eigenvalue weighted by Gasteiger charge is -2.27. The van der Waals surface area contributed by atoms with Crippen molar-refractivity contribution in [3.8, 4) is 23.0 Å². The Balaban J connectivity index is 2.23. The van der Waals surface area contributed by atoms with Crippen molar-refractivity contribution >= 4 is 17.4 Å². The van der Waals surface area contributed by atoms with Gasteiger partial charge in [0.2, 0.25) is 5.75 Å². The number of Topliss-reactive ketones (excluding diaryl/α,β-unsaturated/α-hetero) is 1. The Kier molecular flexibility index (Phi) is 8.70. The number of nitrogens with zero attached hydrogens (tertiary/aromatic N) is 2. The lowest BCUT2D eigenvalue weighted by molar-refractivity contribution is -0.140. The van der Waals surface area contributed by atoms with E-state index in [-0.39, 0.29) is 24.0 Å². The van der Waals surface area contributed by atoms with Gasteiger partial charge in [-0.2, -0.15) is 0 Å². The van der Waals surface area contributed by atoms with Gasteiger partial charge in [-0.15, -0.1) is 0 Å². The second-order valence-electron chi connectivity index (χ2n) is 9.40. The van der Waals surface area contributed by atoms with Crippen LogP contribution >= 0.6 is 0 Å². The highest BCUT2D eigenvalue weighted by Gasteiger charge is 2.46. The van der Waals surface area contributed by atoms with E-state index in [0.717, 1.165) is 5.56 Å². The van der Waals surface area contributed by atoms with E-state index in [1.807, 2.05) is 39.8 Å². The third-order valence-electron chi connectivity index (χ3n) is 6.14. The summed E-state index contributed by atoms with van der Waals surface area (Å²) in [5.74, 6) is 0.120. The fraction of sp³-hybridized carbons (Fsp3) is 0.429. The van der Waals surface area contributed by atoms with Crippen LogP contribution in [0.25, 0.3) is 5.76 Å². The maximum Gasteiger partial charge on any atom is 0.295 e. The van der Waals surface area contributed by atoms with E-state index in [9.17, 15) is 14.7 Å². The van der Waals surface area contributed by atoms with Gasteiger partial charge in [0.1, 0.15) is 11.5 Å². The molecular formula is C28H36N2O7. The first-order valence-electron chi connectivity index (χ1n) is 12.0. The minimum atomic E-state index is -0.861. The molecular weight excluding hydrogens is 476 g/mol. The van der Waals surface area contributed by atoms with E-state index in [2.05, 4.69) is 0 Å². The molecule has 200 valence electrons. The molecule has 2 aromatic rings. The van der Waals surface area contributed by atoms with Crippen LogP contribution in [0.5, 0.6) is 23.0 Å². The van der Waals surface area contributed by atoms with E-state index in [1.54, 1.807) is 30.3 Å². The Hall–Kier alpha value is -3.72. The van der Waals surface area contributed by atoms with Crippen molar-refractivity contribution in [3.63, 3.8) is 0 Å². The van der Waals surface area contributed by atoms with Crippen molar-refractivity contribution < 1.29 is 33.6 Å². The Morgan fingerprint density at radius 2 is 1.62 bits per heavy atom. The number of rotatable bonds is 10. The molecule has 0 unspecified atom stereocenters. The fourth-order valence-electron chi connectivity index (χ4n) is 4.36. The Bertz CT molecular complexity index is 1180. The molecule has 1 fully saturated rings. The maximum atomic E-state index is 13.4. The van der Waals surface area contributed by atoms with Crippen molar-refractivity contribution in [1.29, 1.82) is 0 Å². The van der Waals surface area contributed by atoms with Crippen molar-refractivity contribution in [1.82, 2.24) is 9.80 Å². The zero-order valence-electron chi connectivity index (χ0n) is 22.7. The Morgan fingerprint density at radius 1 is 1.00 bits per heavy atom. The molecule has 0 spiro atoms. The molecule has 1 aliphatic rings. The van der Waals surface area contributed by atoms with Crippen LogP contribution in [0.1, 0.15) is 36.6 Å². The molecule has 0 bridgehead atoms. The summed E-state index contributed by atoms with van der Waals surface area (Å²) in [6.45, 7) is 6.52. The monoisotopic (exact) mass is 512 g/mol. The second-order valence-corrected chi connectivity index (χ2v) is 9.40. The van der Waals surface area contributed by atoms with Crippen LogP contribution in [-0.2, 0) is 9.59 Å². The van der Waals surface area contributed by atoms with Gasteiger partial charge < -0.3 is 33.9 Å². The highest BCUT2D eigenvalue weighted by molar-refractivity contribution is 6.46. The summed E-state index contributed by atoms with van der Waals surface area (Å²) in [4.78, 5) is 30.0. The number of ketones is 1. The van der Waals surface area contributed by atoms with Crippen molar-refractivity contribution in [2.24, 2.45) is 0 Å². The number of aryl methyl sites for hydroxylation is 1. The Labute approximate surface area is 218 Å². The first kappa shape index (κ1) is 27.9. The number of hydrogen-bond donors (Lipinski definition) is 1. The molecule has 1 atom stereocenters. The largest absolute Gasteiger partial charge is 0.507 e. The van der Waals surface area contributed by atoms with Crippen molar-refractivity contribution in [2.45, 2.75) is 32.9 Å². The molecule has 1 heterocycles. The highest BCUT2D eigenvalue weighted by atomic mass is 16.5. The lowest BCUT2D eigenvalue weighted by Crippen LogP contribution is -2.35. The number of aliphatic hydroxyl groups is 1. The van der Waals surface area contributed by atoms with E-state index >= 15 is 0 Å². The molecule has 1 aliphatic heterocycles. The maximum absolute atomic E-state index is 13.4. The van der Waals surface area contributed by atoms with Gasteiger partial charge in [-0.1, -0.05) is 0 Å². The van der Waals surface area contributed by atoms with Gasteiger partial charge >= 0.3 is 0 Å². The number of benzene rings is 2. The molecule has 0 radical (unpaired) electrons. The molecule has 0 saturated carbocycles. The van der Waals surface area contributed by atoms with Gasteiger partial charge in [0.05, 0.1) is 39.0 Å². The average Bonchev–Trinajstić information content (AvgIpc) is 3.11. The fourth-order valence-corrected chi connectivity index (χ4v) is 4.36. The first-order chi connectivity index (χ1) is 17.5. The number of ether oxygens (including phenoxy) is 4. The van der Waals surface area contributed by atoms with Crippen LogP contribution in [0.4, 0.5) is 0 Å². The van der Waals surface area contributed by atoms with Crippen LogP contribution < -0.4 is 18.9 Å². The summed E-state index contributed by atoms with van der Waals surface area (Å²) >= 11 is 0. The van der Waals surface area contributed by atoms with Crippen LogP contribution in [0.15, 0.2) is 35.9 Å². The van der Waals surface area contributed by atoms with Crippen molar-refractivity contribution in [2.75, 3.05) is 48.5 Å². The van der Waals surface area contributed by atoms with E-state index in [4.69, 9.17) is 18.9 Å². The SMILES string of the molecule is COc1cc([C@H]2C(=C(O)c3ccc(OC(C)C)c(C)c3)C(=O)C(=O)N2CCN(C)C)cc(OC)c1OC. The summed E-state index contributed by atoms with van der Waals surface area (Å²) in [7, 11) is 8.25. The lowest BCUT2D eigenvalue weighted by atomic mass is 9.94. The van der Waals surface area contributed by atoms with Crippen LogP contribution in [0, 0.1) is 6.92 Å². The molecule has 9 heteroatoms. The smallest absolute Gasteiger partial charge is 0.295 e. The zero-order valence-corrected chi connectivity index (χ0v) is 22.7. The number of likely N-dealkylation sites (tertiary alicyclic amines) is 1. The molecule has 37 heavy (non-hydrogen) atoms. The molecule has 2 aromatic carbocycles. The molecule has 1 saturated heterocycles. The van der Waals surface area contributed by atoms with Gasteiger partial charge in [-0.05, 0) is 76.3 Å². The minimum absolute atomic E-state index is 0.00467. The van der Waals surface area contributed by atoms with Crippen LogP contribution in [0.2, 0.25) is 0 Å². The second kappa shape index (κ2) is 11.6. The van der Waals surface area contributed by atoms with Crippen molar-refractivity contribution in [3.05, 3.63) is 52.6 Å². The standard InChI is InChI=1S/C28H36N2O7/c1-16(2)37-20-10-9-18(13-17(20)3)25(31)23-24(30(12-11-29(4)5)28(33)26(23)32)19-14-21(34-6)27(36-8)22(15-19)35-7/h9-10,13-16,24,31H,11-12H2,1-8H3/t24-/m0/s1. The first-order valence-corrected chi connectivity index (χ1v) is 12.0. The van der Waals surface area contributed by atoms with Gasteiger partial charge in [-0.25, -0.2) is 0 Å². The summed E-state index contributed by atoms with van der Waals surface area (Å²) in [5.41, 5.74) is 1.75. The number of methoxy groups -OCH3 is 3. The third kappa shape index (κ3) is 5.67. The van der Waals surface area contributed by atoms with Gasteiger partial charge in [-0.3, -0.25) is 9.59 Å². The number of likely N-dealkylation sites (N-methyl/N-ethyl adjacent to an activating group) is 1. The molecule has 0 aromatic heterocycles. The molecule has 0 aliphatic carbocycles. The molecule has 3 rings (SSSR count). The van der Waals surface area contributed by atoms with E-state index in [1.165, 1.54) is 26.2 Å². The molecule has 9 nitrogen and oxygen atoms in total. The predicted octanol–water partition coefficient (Wildman–Crippen LogP) is 3.79. The minimum Gasteiger partial charge on any atom is -0.507 e. The summed E-state index contributed by atoms with van der Waals surface area (Å²) in [6, 6.07) is 7.70. The molecule has 1 N–H and O–H groups in total. The van der Waals surface area contributed by atoms with Gasteiger partial charge in [0, 0.05) is 18.7 Å². The quantitative estimate of drug-likeness (QED) is 0.292. The predicted molar refractivity (Wildman–Crippen MR) is 141 cm³/mol. The zero-order chi connectivity index (χ0) is 27.4. The highest BCUT2D eigenvalue weighted by Crippen LogP contribution is 2.45. The average molecular weight is 513 g/mol. The number of carbonyl (C=O) groups excluding carboxylic acids is 2. The van der Waals surface area contributed by atoms with Crippen LogP contribution in [-0.4, -0.2) is 81.2 Å². The number of hydrogen-bond acceptors (Lipinski definition) is 8. The summed E-state index contributed by atoms with van der Waals surface area (Å²) in [6.07, 6.45) is -0.0137. The number of aliphatic hydroxyl groups excluding tert-OH is 1. The normalized spacial score (nSPS) is 17.0. The third-order valence-corrected chi connectivity index (χ3v) is 6.14. The summed E-state index contributed by atoms with van der Waals surface area (Å²) in [5, 5.41) is 11.4.